The van der Waals surface area contributed by atoms with E-state index in [0.717, 1.165) is 55.2 Å². The van der Waals surface area contributed by atoms with Gasteiger partial charge in [0.2, 0.25) is 5.91 Å². The first kappa shape index (κ1) is 22.8. The molecule has 0 bridgehead atoms. The third-order valence-electron chi connectivity index (χ3n) is 5.70. The largest absolute Gasteiger partial charge is 0.496 e. The Kier molecular flexibility index (Phi) is 8.85. The first-order chi connectivity index (χ1) is 13.1. The molecule has 3 rings (SSSR count). The van der Waals surface area contributed by atoms with Crippen LogP contribution in [0, 0.1) is 12.8 Å². The Balaban J connectivity index is 0.00000280. The van der Waals surface area contributed by atoms with E-state index in [9.17, 15) is 4.79 Å². The van der Waals surface area contributed by atoms with E-state index in [1.165, 1.54) is 12.8 Å². The molecule has 2 N–H and O–H groups in total. The smallest absolute Gasteiger partial charge is 0.225 e. The minimum atomic E-state index is 0. The lowest BCUT2D eigenvalue weighted by Gasteiger charge is -2.21. The maximum Gasteiger partial charge on any atom is 0.225 e. The van der Waals surface area contributed by atoms with E-state index in [4.69, 9.17) is 4.74 Å². The summed E-state index contributed by atoms with van der Waals surface area (Å²) in [7, 11) is 3.47. The van der Waals surface area contributed by atoms with Crippen molar-refractivity contribution in [3.05, 3.63) is 29.3 Å². The highest BCUT2D eigenvalue weighted by molar-refractivity contribution is 14.0. The number of carbonyl (C=O) groups excluding carboxylic acids is 1. The van der Waals surface area contributed by atoms with Crippen molar-refractivity contribution >= 4 is 35.8 Å². The summed E-state index contributed by atoms with van der Waals surface area (Å²) in [6.07, 6.45) is 5.50. The van der Waals surface area contributed by atoms with Gasteiger partial charge in [0.1, 0.15) is 5.75 Å². The van der Waals surface area contributed by atoms with Crippen LogP contribution in [0.2, 0.25) is 0 Å². The lowest BCUT2D eigenvalue weighted by Crippen LogP contribution is -2.45. The molecule has 2 aliphatic rings. The second-order valence-electron chi connectivity index (χ2n) is 7.63. The Hall–Kier alpha value is -1.51. The standard InChI is InChI=1S/C21H32N4O2.HI/c1-15-8-9-16(12-19(15)27-3)13-23-21(22-2)24-18-10-11-25(14-18)20(26)17-6-4-5-7-17;/h8-9,12,17-18H,4-7,10-11,13-14H2,1-3H3,(H2,22,23,24);1H. The summed E-state index contributed by atoms with van der Waals surface area (Å²) < 4.78 is 5.39. The number of benzene rings is 1. The summed E-state index contributed by atoms with van der Waals surface area (Å²) in [5.41, 5.74) is 2.27. The highest BCUT2D eigenvalue weighted by Gasteiger charge is 2.32. The molecule has 156 valence electrons. The average molecular weight is 500 g/mol. The van der Waals surface area contributed by atoms with Gasteiger partial charge in [-0.25, -0.2) is 0 Å². The summed E-state index contributed by atoms with van der Waals surface area (Å²) in [6, 6.07) is 6.47. The molecule has 1 aromatic carbocycles. The van der Waals surface area contributed by atoms with Crippen molar-refractivity contribution in [1.82, 2.24) is 15.5 Å². The quantitative estimate of drug-likeness (QED) is 0.371. The number of aliphatic imine (C=N–C) groups is 1. The lowest BCUT2D eigenvalue weighted by atomic mass is 10.1. The van der Waals surface area contributed by atoms with Crippen molar-refractivity contribution < 1.29 is 9.53 Å². The van der Waals surface area contributed by atoms with Crippen LogP contribution >= 0.6 is 24.0 Å². The van der Waals surface area contributed by atoms with Crippen LogP contribution in [0.5, 0.6) is 5.75 Å². The van der Waals surface area contributed by atoms with Gasteiger partial charge in [-0.1, -0.05) is 25.0 Å². The van der Waals surface area contributed by atoms with Gasteiger partial charge in [-0.05, 0) is 43.4 Å². The molecule has 6 nitrogen and oxygen atoms in total. The van der Waals surface area contributed by atoms with Crippen LogP contribution in [0.15, 0.2) is 23.2 Å². The fourth-order valence-corrected chi connectivity index (χ4v) is 4.06. The van der Waals surface area contributed by atoms with Crippen LogP contribution in [0.3, 0.4) is 0 Å². The number of carbonyl (C=O) groups is 1. The summed E-state index contributed by atoms with van der Waals surface area (Å²) in [6.45, 7) is 4.33. The highest BCUT2D eigenvalue weighted by atomic mass is 127. The number of hydrogen-bond acceptors (Lipinski definition) is 3. The molecular weight excluding hydrogens is 467 g/mol. The summed E-state index contributed by atoms with van der Waals surface area (Å²) in [5.74, 6) is 2.29. The molecule has 0 aromatic heterocycles. The van der Waals surface area contributed by atoms with Gasteiger partial charge >= 0.3 is 0 Å². The topological polar surface area (TPSA) is 66.0 Å². The Morgan fingerprint density at radius 3 is 2.71 bits per heavy atom. The first-order valence-electron chi connectivity index (χ1n) is 10.00. The molecule has 1 heterocycles. The van der Waals surface area contributed by atoms with Crippen LogP contribution in [0.25, 0.3) is 0 Å². The molecular formula is C21H33IN4O2. The van der Waals surface area contributed by atoms with Crippen LogP contribution in [-0.4, -0.2) is 50.1 Å². The van der Waals surface area contributed by atoms with Crippen molar-refractivity contribution in [2.75, 3.05) is 27.2 Å². The molecule has 1 aliphatic heterocycles. The number of nitrogens with one attached hydrogen (secondary N) is 2. The molecule has 28 heavy (non-hydrogen) atoms. The molecule has 1 amide bonds. The number of amides is 1. The van der Waals surface area contributed by atoms with Crippen LogP contribution < -0.4 is 15.4 Å². The van der Waals surface area contributed by atoms with E-state index in [-0.39, 0.29) is 35.9 Å². The third kappa shape index (κ3) is 5.75. The fourth-order valence-electron chi connectivity index (χ4n) is 4.06. The molecule has 1 aromatic rings. The predicted octanol–water partition coefficient (Wildman–Crippen LogP) is 3.08. The Morgan fingerprint density at radius 1 is 1.29 bits per heavy atom. The van der Waals surface area contributed by atoms with Gasteiger partial charge in [0.25, 0.3) is 0 Å². The number of nitrogens with zero attached hydrogens (tertiary/aromatic N) is 2. The second kappa shape index (κ2) is 10.9. The van der Waals surface area contributed by atoms with Gasteiger partial charge < -0.3 is 20.3 Å². The van der Waals surface area contributed by atoms with Gasteiger partial charge in [0, 0.05) is 38.6 Å². The molecule has 1 aliphatic carbocycles. The number of rotatable bonds is 5. The number of halogens is 1. The van der Waals surface area contributed by atoms with Crippen molar-refractivity contribution in [1.29, 1.82) is 0 Å². The third-order valence-corrected chi connectivity index (χ3v) is 5.70. The van der Waals surface area contributed by atoms with E-state index in [2.05, 4.69) is 27.8 Å². The molecule has 1 saturated heterocycles. The Bertz CT molecular complexity index is 689. The zero-order valence-electron chi connectivity index (χ0n) is 17.2. The van der Waals surface area contributed by atoms with Crippen molar-refractivity contribution in [3.63, 3.8) is 0 Å². The van der Waals surface area contributed by atoms with Crippen LogP contribution in [-0.2, 0) is 11.3 Å². The van der Waals surface area contributed by atoms with E-state index in [1.54, 1.807) is 14.2 Å². The maximum absolute atomic E-state index is 12.6. The van der Waals surface area contributed by atoms with E-state index in [1.807, 2.05) is 17.9 Å². The minimum absolute atomic E-state index is 0. The van der Waals surface area contributed by atoms with Gasteiger partial charge in [-0.15, -0.1) is 24.0 Å². The van der Waals surface area contributed by atoms with E-state index in [0.29, 0.717) is 12.5 Å². The Morgan fingerprint density at radius 2 is 2.04 bits per heavy atom. The molecule has 1 saturated carbocycles. The summed E-state index contributed by atoms with van der Waals surface area (Å²) in [5, 5.41) is 6.83. The lowest BCUT2D eigenvalue weighted by molar-refractivity contribution is -0.134. The van der Waals surface area contributed by atoms with Crippen molar-refractivity contribution in [3.8, 4) is 5.75 Å². The number of aryl methyl sites for hydroxylation is 1. The molecule has 7 heteroatoms. The van der Waals surface area contributed by atoms with Gasteiger partial charge in [-0.3, -0.25) is 9.79 Å². The van der Waals surface area contributed by atoms with Gasteiger partial charge in [0.05, 0.1) is 7.11 Å². The van der Waals surface area contributed by atoms with Crippen LogP contribution in [0.1, 0.15) is 43.2 Å². The van der Waals surface area contributed by atoms with Crippen LogP contribution in [0.4, 0.5) is 0 Å². The number of guanidine groups is 1. The SMILES string of the molecule is CN=C(NCc1ccc(C)c(OC)c1)NC1CCN(C(=O)C2CCCC2)C1.I. The fraction of sp³-hybridized carbons (Fsp3) is 0.619. The number of likely N-dealkylation sites (tertiary alicyclic amines) is 1. The summed E-state index contributed by atoms with van der Waals surface area (Å²) in [4.78, 5) is 19.0. The van der Waals surface area contributed by atoms with Crippen molar-refractivity contribution in [2.24, 2.45) is 10.9 Å². The average Bonchev–Trinajstić information content (AvgIpc) is 3.37. The zero-order chi connectivity index (χ0) is 19.2. The molecule has 1 unspecified atom stereocenters. The van der Waals surface area contributed by atoms with E-state index >= 15 is 0 Å². The highest BCUT2D eigenvalue weighted by Crippen LogP contribution is 2.27. The predicted molar refractivity (Wildman–Crippen MR) is 123 cm³/mol. The number of methoxy groups -OCH3 is 1. The number of hydrogen-bond donors (Lipinski definition) is 2. The number of ether oxygens (including phenoxy) is 1. The molecule has 0 spiro atoms. The van der Waals surface area contributed by atoms with Crippen molar-refractivity contribution in [2.45, 2.75) is 51.6 Å². The van der Waals surface area contributed by atoms with Gasteiger partial charge in [-0.2, -0.15) is 0 Å². The maximum atomic E-state index is 12.6. The second-order valence-corrected chi connectivity index (χ2v) is 7.63. The summed E-state index contributed by atoms with van der Waals surface area (Å²) >= 11 is 0. The monoisotopic (exact) mass is 500 g/mol. The van der Waals surface area contributed by atoms with Gasteiger partial charge in [0.15, 0.2) is 5.96 Å². The van der Waals surface area contributed by atoms with E-state index < -0.39 is 0 Å². The first-order valence-corrected chi connectivity index (χ1v) is 10.00. The zero-order valence-corrected chi connectivity index (χ0v) is 19.5. The minimum Gasteiger partial charge on any atom is -0.496 e. The molecule has 1 atom stereocenters. The normalized spacial score (nSPS) is 20.0. The molecule has 0 radical (unpaired) electrons. The molecule has 2 fully saturated rings. The Labute approximate surface area is 185 Å².